The molecule has 1 aliphatic carbocycles. The summed E-state index contributed by atoms with van der Waals surface area (Å²) in [6, 6.07) is 18.0. The molecule has 0 heterocycles. The Hall–Kier alpha value is -2.42. The lowest BCUT2D eigenvalue weighted by Gasteiger charge is -2.17. The average molecular weight is 278 g/mol. The van der Waals surface area contributed by atoms with Crippen molar-refractivity contribution in [3.05, 3.63) is 71.3 Å². The first kappa shape index (κ1) is 13.6. The Kier molecular flexibility index (Phi) is 4.10. The number of nitrogens with zero attached hydrogens (tertiary/aromatic N) is 1. The molecule has 0 unspecified atom stereocenters. The lowest BCUT2D eigenvalue weighted by atomic mass is 9.90. The number of hydrazone groups is 1. The summed E-state index contributed by atoms with van der Waals surface area (Å²) in [5.41, 5.74) is 7.16. The van der Waals surface area contributed by atoms with Crippen LogP contribution in [-0.4, -0.2) is 11.6 Å². The summed E-state index contributed by atoms with van der Waals surface area (Å²) in [7, 11) is 0. The van der Waals surface area contributed by atoms with Crippen LogP contribution in [0.1, 0.15) is 29.5 Å². The first-order valence-corrected chi connectivity index (χ1v) is 7.30. The van der Waals surface area contributed by atoms with Gasteiger partial charge in [-0.3, -0.25) is 4.79 Å². The van der Waals surface area contributed by atoms with Crippen LogP contribution in [0.4, 0.5) is 0 Å². The molecule has 3 heteroatoms. The van der Waals surface area contributed by atoms with Crippen LogP contribution in [0.5, 0.6) is 0 Å². The van der Waals surface area contributed by atoms with Gasteiger partial charge in [-0.25, -0.2) is 5.43 Å². The van der Waals surface area contributed by atoms with E-state index in [1.54, 1.807) is 0 Å². The van der Waals surface area contributed by atoms with Gasteiger partial charge in [-0.1, -0.05) is 54.6 Å². The molecule has 106 valence electrons. The largest absolute Gasteiger partial charge is 0.273 e. The summed E-state index contributed by atoms with van der Waals surface area (Å²) in [6.45, 7) is 0. The van der Waals surface area contributed by atoms with Gasteiger partial charge < -0.3 is 0 Å². The van der Waals surface area contributed by atoms with Crippen LogP contribution >= 0.6 is 0 Å². The minimum absolute atomic E-state index is 0.0724. The van der Waals surface area contributed by atoms with Crippen molar-refractivity contribution < 1.29 is 4.79 Å². The Labute approximate surface area is 124 Å². The minimum Gasteiger partial charge on any atom is -0.273 e. The predicted octanol–water partition coefficient (Wildman–Crippen LogP) is 3.09. The van der Waals surface area contributed by atoms with Crippen LogP contribution in [0, 0.1) is 0 Å². The fourth-order valence-corrected chi connectivity index (χ4v) is 2.67. The summed E-state index contributed by atoms with van der Waals surface area (Å²) in [4.78, 5) is 11.9. The lowest BCUT2D eigenvalue weighted by molar-refractivity contribution is -0.120. The molecule has 21 heavy (non-hydrogen) atoms. The van der Waals surface area contributed by atoms with E-state index in [4.69, 9.17) is 0 Å². The quantitative estimate of drug-likeness (QED) is 0.861. The molecular formula is C18H18N2O. The molecule has 3 nitrogen and oxygen atoms in total. The third-order valence-corrected chi connectivity index (χ3v) is 3.71. The standard InChI is InChI=1S/C18H18N2O/c21-18(13-14-7-2-1-3-8-14)20-19-17-12-6-10-15-9-4-5-11-16(15)17/h1-5,7-9,11H,6,10,12-13H2,(H,20,21)/b19-17+. The van der Waals surface area contributed by atoms with E-state index in [1.807, 2.05) is 36.4 Å². The van der Waals surface area contributed by atoms with Crippen molar-refractivity contribution in [1.29, 1.82) is 0 Å². The number of benzene rings is 2. The highest BCUT2D eigenvalue weighted by atomic mass is 16.2. The number of rotatable bonds is 3. The van der Waals surface area contributed by atoms with E-state index in [0.29, 0.717) is 6.42 Å². The number of hydrogen-bond acceptors (Lipinski definition) is 2. The van der Waals surface area contributed by atoms with Crippen LogP contribution < -0.4 is 5.43 Å². The molecule has 0 fully saturated rings. The van der Waals surface area contributed by atoms with Gasteiger partial charge in [0, 0.05) is 5.56 Å². The van der Waals surface area contributed by atoms with E-state index in [2.05, 4.69) is 28.7 Å². The second-order valence-corrected chi connectivity index (χ2v) is 5.27. The number of carbonyl (C=O) groups is 1. The highest BCUT2D eigenvalue weighted by molar-refractivity contribution is 6.03. The molecule has 0 bridgehead atoms. The monoisotopic (exact) mass is 278 g/mol. The van der Waals surface area contributed by atoms with Crippen molar-refractivity contribution in [3.63, 3.8) is 0 Å². The van der Waals surface area contributed by atoms with Gasteiger partial charge in [-0.15, -0.1) is 0 Å². The molecule has 1 amide bonds. The van der Waals surface area contributed by atoms with Gasteiger partial charge in [0.15, 0.2) is 0 Å². The SMILES string of the molecule is O=C(Cc1ccccc1)N/N=C1\CCCc2ccccc21. The molecule has 1 N–H and O–H groups in total. The number of aryl methyl sites for hydroxylation is 1. The van der Waals surface area contributed by atoms with E-state index in [-0.39, 0.29) is 5.91 Å². The fraction of sp³-hybridized carbons (Fsp3) is 0.222. The van der Waals surface area contributed by atoms with Crippen LogP contribution in [0.2, 0.25) is 0 Å². The van der Waals surface area contributed by atoms with E-state index < -0.39 is 0 Å². The maximum absolute atomic E-state index is 11.9. The Balaban J connectivity index is 1.68. The van der Waals surface area contributed by atoms with Gasteiger partial charge in [-0.05, 0) is 30.4 Å². The third kappa shape index (κ3) is 3.37. The lowest BCUT2D eigenvalue weighted by Crippen LogP contribution is -2.23. The van der Waals surface area contributed by atoms with E-state index in [0.717, 1.165) is 30.5 Å². The molecule has 0 radical (unpaired) electrons. The highest BCUT2D eigenvalue weighted by Gasteiger charge is 2.15. The van der Waals surface area contributed by atoms with E-state index in [1.165, 1.54) is 11.1 Å². The van der Waals surface area contributed by atoms with Gasteiger partial charge >= 0.3 is 0 Å². The maximum atomic E-state index is 11.9. The van der Waals surface area contributed by atoms with Crippen molar-refractivity contribution in [2.75, 3.05) is 0 Å². The van der Waals surface area contributed by atoms with Crippen molar-refractivity contribution >= 4 is 11.6 Å². The molecule has 0 spiro atoms. The van der Waals surface area contributed by atoms with Crippen LogP contribution in [0.15, 0.2) is 59.7 Å². The summed E-state index contributed by atoms with van der Waals surface area (Å²) in [5.74, 6) is -0.0724. The van der Waals surface area contributed by atoms with Crippen molar-refractivity contribution in [2.45, 2.75) is 25.7 Å². The Bertz CT molecular complexity index is 662. The van der Waals surface area contributed by atoms with Crippen LogP contribution in [0.25, 0.3) is 0 Å². The molecule has 2 aromatic carbocycles. The summed E-state index contributed by atoms with van der Waals surface area (Å²) >= 11 is 0. The van der Waals surface area contributed by atoms with Gasteiger partial charge in [0.25, 0.3) is 0 Å². The van der Waals surface area contributed by atoms with Crippen LogP contribution in [-0.2, 0) is 17.6 Å². The number of carbonyl (C=O) groups excluding carboxylic acids is 1. The Morgan fingerprint density at radius 1 is 1.00 bits per heavy atom. The number of hydrogen-bond donors (Lipinski definition) is 1. The highest BCUT2D eigenvalue weighted by Crippen LogP contribution is 2.21. The second-order valence-electron chi connectivity index (χ2n) is 5.27. The van der Waals surface area contributed by atoms with Gasteiger partial charge in [-0.2, -0.15) is 5.10 Å². The first-order valence-electron chi connectivity index (χ1n) is 7.30. The van der Waals surface area contributed by atoms with Crippen molar-refractivity contribution in [3.8, 4) is 0 Å². The molecule has 1 aliphatic rings. The molecular weight excluding hydrogens is 260 g/mol. The van der Waals surface area contributed by atoms with Gasteiger partial charge in [0.05, 0.1) is 12.1 Å². The molecule has 0 aliphatic heterocycles. The maximum Gasteiger partial charge on any atom is 0.244 e. The molecule has 3 rings (SSSR count). The predicted molar refractivity (Wildman–Crippen MR) is 84.2 cm³/mol. The summed E-state index contributed by atoms with van der Waals surface area (Å²) in [6.07, 6.45) is 3.46. The Morgan fingerprint density at radius 3 is 2.62 bits per heavy atom. The number of nitrogens with one attached hydrogen (secondary N) is 1. The van der Waals surface area contributed by atoms with Crippen LogP contribution in [0.3, 0.4) is 0 Å². The first-order chi connectivity index (χ1) is 10.3. The number of amides is 1. The molecule has 2 aromatic rings. The zero-order valence-corrected chi connectivity index (χ0v) is 11.9. The molecule has 0 aromatic heterocycles. The molecule has 0 saturated carbocycles. The summed E-state index contributed by atoms with van der Waals surface area (Å²) < 4.78 is 0. The van der Waals surface area contributed by atoms with Gasteiger partial charge in [0.1, 0.15) is 0 Å². The fourth-order valence-electron chi connectivity index (χ4n) is 2.67. The zero-order chi connectivity index (χ0) is 14.5. The normalized spacial score (nSPS) is 15.5. The molecule has 0 saturated heterocycles. The summed E-state index contributed by atoms with van der Waals surface area (Å²) in [5, 5.41) is 4.34. The molecule has 0 atom stereocenters. The number of fused-ring (bicyclic) bond motifs is 1. The minimum atomic E-state index is -0.0724. The van der Waals surface area contributed by atoms with Gasteiger partial charge in [0.2, 0.25) is 5.91 Å². The second kappa shape index (κ2) is 6.35. The third-order valence-electron chi connectivity index (χ3n) is 3.71. The topological polar surface area (TPSA) is 41.5 Å². The Morgan fingerprint density at radius 2 is 1.76 bits per heavy atom. The van der Waals surface area contributed by atoms with Crippen molar-refractivity contribution in [2.24, 2.45) is 5.10 Å². The zero-order valence-electron chi connectivity index (χ0n) is 11.9. The van der Waals surface area contributed by atoms with E-state index >= 15 is 0 Å². The van der Waals surface area contributed by atoms with E-state index in [9.17, 15) is 4.79 Å². The van der Waals surface area contributed by atoms with Crippen molar-refractivity contribution in [1.82, 2.24) is 5.43 Å². The smallest absolute Gasteiger partial charge is 0.244 e. The average Bonchev–Trinajstić information content (AvgIpc) is 2.54.